The van der Waals surface area contributed by atoms with Crippen LogP contribution >= 0.6 is 0 Å². The van der Waals surface area contributed by atoms with Gasteiger partial charge in [0.2, 0.25) is 5.91 Å². The number of imide groups is 1. The number of hydrogen-bond acceptors (Lipinski definition) is 4. The van der Waals surface area contributed by atoms with E-state index in [1.54, 1.807) is 31.2 Å². The first-order valence-electron chi connectivity index (χ1n) is 10.1. The normalized spacial score (nSPS) is 20.1. The van der Waals surface area contributed by atoms with Crippen LogP contribution in [0.25, 0.3) is 0 Å². The summed E-state index contributed by atoms with van der Waals surface area (Å²) in [5.41, 5.74) is 1.75. The minimum Gasteiger partial charge on any atom is -0.326 e. The zero-order chi connectivity index (χ0) is 21.3. The third-order valence-corrected chi connectivity index (χ3v) is 5.76. The lowest BCUT2D eigenvalue weighted by molar-refractivity contribution is -0.131. The number of anilines is 1. The lowest BCUT2D eigenvalue weighted by Crippen LogP contribution is -2.46. The van der Waals surface area contributed by atoms with Crippen LogP contribution in [0.3, 0.4) is 0 Å². The molecular weight excluding hydrogens is 382 g/mol. The maximum atomic E-state index is 13.3. The Hall–Kier alpha value is -3.48. The number of urea groups is 1. The number of aryl methyl sites for hydroxylation is 1. The van der Waals surface area contributed by atoms with Crippen molar-refractivity contribution in [1.82, 2.24) is 10.2 Å². The topological polar surface area (TPSA) is 95.6 Å². The van der Waals surface area contributed by atoms with Crippen molar-refractivity contribution in [3.8, 4) is 0 Å². The molecule has 154 valence electrons. The van der Waals surface area contributed by atoms with E-state index >= 15 is 0 Å². The van der Waals surface area contributed by atoms with Gasteiger partial charge in [-0.2, -0.15) is 0 Å². The lowest BCUT2D eigenvalue weighted by Gasteiger charge is -2.33. The molecule has 2 aromatic carbocycles. The first-order valence-corrected chi connectivity index (χ1v) is 10.1. The Labute approximate surface area is 174 Å². The largest absolute Gasteiger partial charge is 0.326 e. The monoisotopic (exact) mass is 405 g/mol. The number of Topliss-reactive ketones (excluding diaryl/α,β-unsaturated/α-hetero) is 1. The van der Waals surface area contributed by atoms with Crippen LogP contribution in [-0.2, 0) is 21.5 Å². The average molecular weight is 405 g/mol. The van der Waals surface area contributed by atoms with Crippen LogP contribution in [0, 0.1) is 0 Å². The van der Waals surface area contributed by atoms with E-state index in [4.69, 9.17) is 0 Å². The molecule has 2 aliphatic rings. The number of hydrogen-bond donors (Lipinski definition) is 2. The summed E-state index contributed by atoms with van der Waals surface area (Å²) in [6, 6.07) is 13.5. The van der Waals surface area contributed by atoms with E-state index in [0.29, 0.717) is 24.1 Å². The van der Waals surface area contributed by atoms with Crippen LogP contribution in [0.4, 0.5) is 10.5 Å². The van der Waals surface area contributed by atoms with Gasteiger partial charge in [-0.25, -0.2) is 4.79 Å². The summed E-state index contributed by atoms with van der Waals surface area (Å²) in [4.78, 5) is 51.1. The number of carbonyl (C=O) groups excluding carboxylic acids is 4. The summed E-state index contributed by atoms with van der Waals surface area (Å²) in [7, 11) is 0. The van der Waals surface area contributed by atoms with Crippen LogP contribution in [0.5, 0.6) is 0 Å². The summed E-state index contributed by atoms with van der Waals surface area (Å²) >= 11 is 0. The highest BCUT2D eigenvalue weighted by Gasteiger charge is 2.54. The van der Waals surface area contributed by atoms with Gasteiger partial charge in [-0.1, -0.05) is 31.2 Å². The van der Waals surface area contributed by atoms with Gasteiger partial charge >= 0.3 is 6.03 Å². The molecule has 2 N–H and O–H groups in total. The molecule has 0 bridgehead atoms. The fourth-order valence-corrected chi connectivity index (χ4v) is 4.18. The molecule has 1 atom stereocenters. The highest BCUT2D eigenvalue weighted by atomic mass is 16.2. The highest BCUT2D eigenvalue weighted by molar-refractivity contribution is 6.11. The van der Waals surface area contributed by atoms with Gasteiger partial charge in [-0.05, 0) is 54.7 Å². The van der Waals surface area contributed by atoms with Crippen molar-refractivity contribution >= 4 is 29.3 Å². The zero-order valence-corrected chi connectivity index (χ0v) is 16.7. The van der Waals surface area contributed by atoms with Crippen LogP contribution in [0.2, 0.25) is 0 Å². The van der Waals surface area contributed by atoms with Crippen molar-refractivity contribution in [3.05, 3.63) is 65.2 Å². The molecule has 1 aliphatic heterocycles. The Morgan fingerprint density at radius 3 is 2.57 bits per heavy atom. The summed E-state index contributed by atoms with van der Waals surface area (Å²) in [6.45, 7) is 1.43. The van der Waals surface area contributed by atoms with Gasteiger partial charge in [0.15, 0.2) is 5.78 Å². The molecule has 0 radical (unpaired) electrons. The minimum atomic E-state index is -1.08. The number of nitrogens with one attached hydrogen (secondary N) is 2. The Morgan fingerprint density at radius 2 is 1.83 bits per heavy atom. The maximum Gasteiger partial charge on any atom is 0.325 e. The number of fused-ring (bicyclic) bond motifs is 2. The summed E-state index contributed by atoms with van der Waals surface area (Å²) in [5, 5.41) is 5.57. The Morgan fingerprint density at radius 1 is 1.10 bits per heavy atom. The first kappa shape index (κ1) is 19.8. The van der Waals surface area contributed by atoms with Crippen molar-refractivity contribution < 1.29 is 19.2 Å². The number of nitrogens with zero attached hydrogens (tertiary/aromatic N) is 1. The summed E-state index contributed by atoms with van der Waals surface area (Å²) < 4.78 is 0. The number of rotatable bonds is 5. The molecule has 1 saturated heterocycles. The lowest BCUT2D eigenvalue weighted by atomic mass is 9.76. The van der Waals surface area contributed by atoms with Gasteiger partial charge < -0.3 is 10.6 Å². The molecule has 1 spiro atoms. The molecule has 0 saturated carbocycles. The molecule has 4 rings (SSSR count). The predicted octanol–water partition coefficient (Wildman–Crippen LogP) is 3.00. The van der Waals surface area contributed by atoms with Crippen LogP contribution in [0.15, 0.2) is 48.5 Å². The number of ketones is 1. The molecule has 1 heterocycles. The van der Waals surface area contributed by atoms with Crippen molar-refractivity contribution in [2.24, 2.45) is 0 Å². The maximum absolute atomic E-state index is 13.3. The average Bonchev–Trinajstić information content (AvgIpc) is 2.99. The fraction of sp³-hybridized carbons (Fsp3) is 0.304. The highest BCUT2D eigenvalue weighted by Crippen LogP contribution is 2.39. The molecule has 4 amide bonds. The van der Waals surface area contributed by atoms with Gasteiger partial charge in [0, 0.05) is 17.7 Å². The van der Waals surface area contributed by atoms with Gasteiger partial charge in [0.25, 0.3) is 5.91 Å². The van der Waals surface area contributed by atoms with E-state index in [2.05, 4.69) is 10.6 Å². The predicted molar refractivity (Wildman–Crippen MR) is 111 cm³/mol. The smallest absolute Gasteiger partial charge is 0.325 e. The molecule has 0 aromatic heterocycles. The minimum absolute atomic E-state index is 0.119. The van der Waals surface area contributed by atoms with Gasteiger partial charge in [0.05, 0.1) is 6.54 Å². The second-order valence-electron chi connectivity index (χ2n) is 7.64. The molecular formula is C23H23N3O4. The third kappa shape index (κ3) is 3.36. The van der Waals surface area contributed by atoms with E-state index in [-0.39, 0.29) is 24.1 Å². The van der Waals surface area contributed by atoms with Gasteiger partial charge in [0.1, 0.15) is 5.54 Å². The Kier molecular flexibility index (Phi) is 5.11. The quantitative estimate of drug-likeness (QED) is 0.590. The molecule has 0 unspecified atom stereocenters. The first-order chi connectivity index (χ1) is 14.4. The third-order valence-electron chi connectivity index (χ3n) is 5.76. The fourth-order valence-electron chi connectivity index (χ4n) is 4.18. The SMILES string of the molecule is CCC(=O)Nc1ccc(C(=O)CN2C(=O)N[C@@]3(CCCc4ccccc43)C2=O)cc1. The van der Waals surface area contributed by atoms with Crippen LogP contribution < -0.4 is 10.6 Å². The Balaban J connectivity index is 1.52. The second kappa shape index (κ2) is 7.74. The zero-order valence-electron chi connectivity index (χ0n) is 16.7. The van der Waals surface area contributed by atoms with E-state index < -0.39 is 11.6 Å². The molecule has 1 fully saturated rings. The molecule has 7 nitrogen and oxygen atoms in total. The van der Waals surface area contributed by atoms with Crippen molar-refractivity contribution in [3.63, 3.8) is 0 Å². The summed E-state index contributed by atoms with van der Waals surface area (Å²) in [5.74, 6) is -0.834. The molecule has 2 aromatic rings. The van der Waals surface area contributed by atoms with Gasteiger partial charge in [-0.15, -0.1) is 0 Å². The Bertz CT molecular complexity index is 1030. The number of carbonyl (C=O) groups is 4. The number of amides is 4. The van der Waals surface area contributed by atoms with E-state index in [9.17, 15) is 19.2 Å². The second-order valence-corrected chi connectivity index (χ2v) is 7.64. The van der Waals surface area contributed by atoms with E-state index in [0.717, 1.165) is 28.9 Å². The van der Waals surface area contributed by atoms with Crippen LogP contribution in [-0.4, -0.2) is 35.1 Å². The molecule has 7 heteroatoms. The van der Waals surface area contributed by atoms with Crippen LogP contribution in [0.1, 0.15) is 47.7 Å². The molecule has 1 aliphatic carbocycles. The van der Waals surface area contributed by atoms with Gasteiger partial charge in [-0.3, -0.25) is 19.3 Å². The van der Waals surface area contributed by atoms with Crippen molar-refractivity contribution in [2.75, 3.05) is 11.9 Å². The molecule has 30 heavy (non-hydrogen) atoms. The standard InChI is InChI=1S/C23H23N3O4/c1-2-20(28)24-17-11-9-16(10-12-17)19(27)14-26-21(29)23(25-22(26)30)13-5-7-15-6-3-4-8-18(15)23/h3-4,6,8-12H,2,5,7,13-14H2,1H3,(H,24,28)(H,25,30)/t23-/m1/s1. The van der Waals surface area contributed by atoms with E-state index in [1.165, 1.54) is 0 Å². The van der Waals surface area contributed by atoms with Crippen molar-refractivity contribution in [1.29, 1.82) is 0 Å². The summed E-state index contributed by atoms with van der Waals surface area (Å²) in [6.07, 6.45) is 2.53. The number of benzene rings is 2. The van der Waals surface area contributed by atoms with Crippen molar-refractivity contribution in [2.45, 2.75) is 38.1 Å². The van der Waals surface area contributed by atoms with E-state index in [1.807, 2.05) is 24.3 Å².